The highest BCUT2D eigenvalue weighted by Gasteiger charge is 2.27. The summed E-state index contributed by atoms with van der Waals surface area (Å²) >= 11 is 0. The van der Waals surface area contributed by atoms with Gasteiger partial charge >= 0.3 is 6.09 Å². The zero-order chi connectivity index (χ0) is 22.4. The molecule has 1 saturated heterocycles. The van der Waals surface area contributed by atoms with Gasteiger partial charge in [-0.3, -0.25) is 14.9 Å². The Balaban J connectivity index is 1.45. The van der Waals surface area contributed by atoms with Crippen molar-refractivity contribution in [1.29, 1.82) is 0 Å². The number of likely N-dealkylation sites (tertiary alicyclic amines) is 1. The van der Waals surface area contributed by atoms with Gasteiger partial charge in [0, 0.05) is 36.3 Å². The highest BCUT2D eigenvalue weighted by atomic mass is 16.6. The van der Waals surface area contributed by atoms with Gasteiger partial charge in [-0.2, -0.15) is 0 Å². The molecule has 1 heterocycles. The van der Waals surface area contributed by atoms with Gasteiger partial charge in [0.05, 0.1) is 0 Å². The first kappa shape index (κ1) is 23.1. The number of benzene rings is 1. The van der Waals surface area contributed by atoms with Crippen LogP contribution in [0.4, 0.5) is 10.5 Å². The van der Waals surface area contributed by atoms with Crippen LogP contribution in [0.5, 0.6) is 0 Å². The third-order valence-corrected chi connectivity index (χ3v) is 5.88. The Bertz CT molecular complexity index is 771. The van der Waals surface area contributed by atoms with E-state index in [-0.39, 0.29) is 23.8 Å². The molecule has 1 saturated carbocycles. The van der Waals surface area contributed by atoms with Gasteiger partial charge in [0.2, 0.25) is 5.91 Å². The van der Waals surface area contributed by atoms with Crippen molar-refractivity contribution in [3.8, 4) is 0 Å². The zero-order valence-electron chi connectivity index (χ0n) is 18.9. The van der Waals surface area contributed by atoms with E-state index in [1.165, 1.54) is 6.42 Å². The summed E-state index contributed by atoms with van der Waals surface area (Å²) in [6.07, 6.45) is 6.58. The van der Waals surface area contributed by atoms with Gasteiger partial charge in [-0.05, 0) is 70.7 Å². The Morgan fingerprint density at radius 2 is 1.55 bits per heavy atom. The zero-order valence-corrected chi connectivity index (χ0v) is 18.9. The van der Waals surface area contributed by atoms with Crippen LogP contribution >= 0.6 is 0 Å². The van der Waals surface area contributed by atoms with Crippen LogP contribution in [0.25, 0.3) is 0 Å². The number of carbonyl (C=O) groups is 3. The van der Waals surface area contributed by atoms with Gasteiger partial charge in [-0.1, -0.05) is 19.3 Å². The number of ether oxygens (including phenoxy) is 1. The lowest BCUT2D eigenvalue weighted by atomic mass is 9.88. The molecular weight excluding hydrogens is 394 g/mol. The predicted molar refractivity (Wildman–Crippen MR) is 120 cm³/mol. The lowest BCUT2D eigenvalue weighted by Gasteiger charge is -2.33. The van der Waals surface area contributed by atoms with E-state index in [0.717, 1.165) is 38.5 Å². The van der Waals surface area contributed by atoms with E-state index in [0.29, 0.717) is 24.3 Å². The van der Waals surface area contributed by atoms with E-state index < -0.39 is 11.7 Å². The Morgan fingerprint density at radius 1 is 0.935 bits per heavy atom. The molecule has 7 nitrogen and oxygen atoms in total. The van der Waals surface area contributed by atoms with Gasteiger partial charge in [0.25, 0.3) is 5.91 Å². The van der Waals surface area contributed by atoms with Crippen molar-refractivity contribution in [1.82, 2.24) is 10.2 Å². The number of anilines is 1. The van der Waals surface area contributed by atoms with Crippen LogP contribution < -0.4 is 10.6 Å². The van der Waals surface area contributed by atoms with Crippen LogP contribution in [0.2, 0.25) is 0 Å². The quantitative estimate of drug-likeness (QED) is 0.745. The van der Waals surface area contributed by atoms with E-state index in [9.17, 15) is 14.4 Å². The monoisotopic (exact) mass is 429 g/mol. The van der Waals surface area contributed by atoms with Crippen molar-refractivity contribution in [3.63, 3.8) is 0 Å². The van der Waals surface area contributed by atoms with Crippen molar-refractivity contribution in [2.24, 2.45) is 5.92 Å². The first-order valence-electron chi connectivity index (χ1n) is 11.4. The number of rotatable bonds is 4. The summed E-state index contributed by atoms with van der Waals surface area (Å²) in [5.74, 6) is 0.333. The second-order valence-electron chi connectivity index (χ2n) is 9.61. The minimum Gasteiger partial charge on any atom is -0.444 e. The standard InChI is InChI=1S/C24H35N3O4/c1-24(2,3)31-23(30)26-19-11-9-18(10-12-19)22(29)27-15-13-20(14-16-27)25-21(28)17-7-5-4-6-8-17/h9-12,17,20H,4-8,13-16H2,1-3H3,(H,25,28)(H,26,30). The molecule has 7 heteroatoms. The van der Waals surface area contributed by atoms with Crippen LogP contribution in [0, 0.1) is 5.92 Å². The Kier molecular flexibility index (Phi) is 7.57. The number of hydrogen-bond donors (Lipinski definition) is 2. The average molecular weight is 430 g/mol. The maximum Gasteiger partial charge on any atom is 0.412 e. The first-order valence-corrected chi connectivity index (χ1v) is 11.4. The van der Waals surface area contributed by atoms with Gasteiger partial charge in [-0.15, -0.1) is 0 Å². The molecule has 3 rings (SSSR count). The molecule has 3 amide bonds. The van der Waals surface area contributed by atoms with Crippen LogP contribution in [-0.4, -0.2) is 47.5 Å². The molecule has 0 atom stereocenters. The summed E-state index contributed by atoms with van der Waals surface area (Å²) < 4.78 is 5.24. The number of amides is 3. The van der Waals surface area contributed by atoms with Crippen LogP contribution in [-0.2, 0) is 9.53 Å². The van der Waals surface area contributed by atoms with Crippen LogP contribution in [0.1, 0.15) is 76.1 Å². The molecule has 1 aromatic rings. The van der Waals surface area contributed by atoms with E-state index in [2.05, 4.69) is 10.6 Å². The summed E-state index contributed by atoms with van der Waals surface area (Å²) in [6, 6.07) is 6.99. The number of hydrogen-bond acceptors (Lipinski definition) is 4. The molecule has 1 aromatic carbocycles. The van der Waals surface area contributed by atoms with Gasteiger partial charge < -0.3 is 15.0 Å². The molecule has 0 bridgehead atoms. The first-order chi connectivity index (χ1) is 14.7. The number of nitrogens with zero attached hydrogens (tertiary/aromatic N) is 1. The number of nitrogens with one attached hydrogen (secondary N) is 2. The summed E-state index contributed by atoms with van der Waals surface area (Å²) in [7, 11) is 0. The molecule has 170 valence electrons. The molecule has 2 fully saturated rings. The Labute approximate surface area is 184 Å². The second kappa shape index (κ2) is 10.2. The van der Waals surface area contributed by atoms with Crippen LogP contribution in [0.3, 0.4) is 0 Å². The van der Waals surface area contributed by atoms with Crippen molar-refractivity contribution in [2.45, 2.75) is 77.4 Å². The van der Waals surface area contributed by atoms with Crippen molar-refractivity contribution in [3.05, 3.63) is 29.8 Å². The second-order valence-corrected chi connectivity index (χ2v) is 9.61. The summed E-state index contributed by atoms with van der Waals surface area (Å²) in [6.45, 7) is 6.68. The molecule has 31 heavy (non-hydrogen) atoms. The van der Waals surface area contributed by atoms with Crippen molar-refractivity contribution < 1.29 is 19.1 Å². The fourth-order valence-electron chi connectivity index (χ4n) is 4.21. The van der Waals surface area contributed by atoms with Crippen LogP contribution in [0.15, 0.2) is 24.3 Å². The maximum absolute atomic E-state index is 12.8. The van der Waals surface area contributed by atoms with Gasteiger partial charge in [0.15, 0.2) is 0 Å². The van der Waals surface area contributed by atoms with E-state index in [1.54, 1.807) is 45.0 Å². The molecule has 0 aromatic heterocycles. The van der Waals surface area contributed by atoms with Gasteiger partial charge in [0.1, 0.15) is 5.60 Å². The Hall–Kier alpha value is -2.57. The molecule has 0 spiro atoms. The third-order valence-electron chi connectivity index (χ3n) is 5.88. The minimum absolute atomic E-state index is 0.0270. The SMILES string of the molecule is CC(C)(C)OC(=O)Nc1ccc(C(=O)N2CCC(NC(=O)C3CCCCC3)CC2)cc1. The lowest BCUT2D eigenvalue weighted by molar-refractivity contribution is -0.126. The van der Waals surface area contributed by atoms with Crippen molar-refractivity contribution in [2.75, 3.05) is 18.4 Å². The summed E-state index contributed by atoms with van der Waals surface area (Å²) in [4.78, 5) is 39.0. The smallest absolute Gasteiger partial charge is 0.412 e. The van der Waals surface area contributed by atoms with E-state index in [4.69, 9.17) is 4.74 Å². The lowest BCUT2D eigenvalue weighted by Crippen LogP contribution is -2.48. The topological polar surface area (TPSA) is 87.7 Å². The average Bonchev–Trinajstić information content (AvgIpc) is 2.73. The summed E-state index contributed by atoms with van der Waals surface area (Å²) in [5, 5.41) is 5.87. The third kappa shape index (κ3) is 6.97. The molecule has 1 aliphatic carbocycles. The highest BCUT2D eigenvalue weighted by Crippen LogP contribution is 2.24. The molecule has 1 aliphatic heterocycles. The largest absolute Gasteiger partial charge is 0.444 e. The van der Waals surface area contributed by atoms with Gasteiger partial charge in [-0.25, -0.2) is 4.79 Å². The minimum atomic E-state index is -0.567. The van der Waals surface area contributed by atoms with E-state index in [1.807, 2.05) is 4.90 Å². The number of carbonyl (C=O) groups excluding carboxylic acids is 3. The molecule has 0 unspecified atom stereocenters. The molecule has 2 N–H and O–H groups in total. The molecular formula is C24H35N3O4. The number of piperidine rings is 1. The summed E-state index contributed by atoms with van der Waals surface area (Å²) in [5.41, 5.74) is 0.594. The normalized spacial score (nSPS) is 18.4. The highest BCUT2D eigenvalue weighted by molar-refractivity contribution is 5.95. The predicted octanol–water partition coefficient (Wildman–Crippen LogP) is 4.33. The fraction of sp³-hybridized carbons (Fsp3) is 0.625. The maximum atomic E-state index is 12.8. The fourth-order valence-corrected chi connectivity index (χ4v) is 4.21. The van der Waals surface area contributed by atoms with E-state index >= 15 is 0 Å². The molecule has 2 aliphatic rings. The molecule has 0 radical (unpaired) electrons. The van der Waals surface area contributed by atoms with Crippen molar-refractivity contribution >= 4 is 23.6 Å². The Morgan fingerprint density at radius 3 is 2.13 bits per heavy atom.